The number of alkyl halides is 3. The minimum Gasteiger partial charge on any atom is -0.467 e. The lowest BCUT2D eigenvalue weighted by Gasteiger charge is -2.23. The molecule has 1 fully saturated rings. The van der Waals surface area contributed by atoms with Crippen molar-refractivity contribution < 1.29 is 39.5 Å². The Morgan fingerprint density at radius 1 is 1.47 bits per heavy atom. The third-order valence-electron chi connectivity index (χ3n) is 1.62. The van der Waals surface area contributed by atoms with Crippen molar-refractivity contribution in [3.05, 3.63) is 0 Å². The van der Waals surface area contributed by atoms with Crippen LogP contribution in [0.3, 0.4) is 0 Å². The largest absolute Gasteiger partial charge is 0.467 e. The molecule has 0 N–H and O–H groups in total. The molecule has 0 aromatic carbocycles. The highest BCUT2D eigenvalue weighted by atomic mass is 32.3. The summed E-state index contributed by atoms with van der Waals surface area (Å²) >= 11 is 0. The van der Waals surface area contributed by atoms with Crippen LogP contribution in [0.2, 0.25) is 0 Å². The summed E-state index contributed by atoms with van der Waals surface area (Å²) in [5.74, 6) is -1.88. The van der Waals surface area contributed by atoms with Crippen molar-refractivity contribution in [2.24, 2.45) is 0 Å². The predicted octanol–water partition coefficient (Wildman–Crippen LogP) is -0.248. The summed E-state index contributed by atoms with van der Waals surface area (Å²) in [6.45, 7) is -1.48. The summed E-state index contributed by atoms with van der Waals surface area (Å²) < 4.78 is 69.6. The van der Waals surface area contributed by atoms with E-state index in [4.69, 9.17) is 0 Å². The molecule has 1 atom stereocenters. The molecule has 1 heterocycles. The molecule has 0 spiro atoms. The predicted molar refractivity (Wildman–Crippen MR) is 36.8 cm³/mol. The van der Waals surface area contributed by atoms with Gasteiger partial charge in [0.15, 0.2) is 0 Å². The number of carbonyl (C=O) groups excluding carboxylic acids is 1. The van der Waals surface area contributed by atoms with Crippen LogP contribution in [-0.4, -0.2) is 39.9 Å². The smallest absolute Gasteiger partial charge is 0.432 e. The Labute approximate surface area is 82.2 Å². The quantitative estimate of drug-likeness (QED) is 0.597. The van der Waals surface area contributed by atoms with Crippen LogP contribution >= 0.6 is 0 Å². The third kappa shape index (κ3) is 1.92. The zero-order valence-electron chi connectivity index (χ0n) is 7.20. The van der Waals surface area contributed by atoms with Crippen molar-refractivity contribution in [1.29, 1.82) is 0 Å². The highest BCUT2D eigenvalue weighted by molar-refractivity contribution is 7.82. The monoisotopic (exact) mass is 250 g/mol. The van der Waals surface area contributed by atoms with Gasteiger partial charge in [-0.1, -0.05) is 0 Å². The van der Waals surface area contributed by atoms with Crippen LogP contribution in [0, 0.1) is 0 Å². The van der Waals surface area contributed by atoms with Crippen molar-refractivity contribution in [3.8, 4) is 0 Å². The molecule has 1 rings (SSSR count). The van der Waals surface area contributed by atoms with Crippen molar-refractivity contribution in [2.45, 2.75) is 11.8 Å². The molecule has 6 nitrogen and oxygen atoms in total. The maximum atomic E-state index is 12.4. The van der Waals surface area contributed by atoms with Gasteiger partial charge in [0.1, 0.15) is 6.61 Å². The average Bonchev–Trinajstić information content (AvgIpc) is 2.40. The van der Waals surface area contributed by atoms with Crippen LogP contribution in [0.25, 0.3) is 0 Å². The highest BCUT2D eigenvalue weighted by Gasteiger charge is 2.69. The third-order valence-corrected chi connectivity index (χ3v) is 2.52. The van der Waals surface area contributed by atoms with Gasteiger partial charge in [0.05, 0.1) is 7.11 Å². The molecule has 0 unspecified atom stereocenters. The Kier molecular flexibility index (Phi) is 2.70. The van der Waals surface area contributed by atoms with Gasteiger partial charge in [0.2, 0.25) is 0 Å². The molecule has 0 aromatic heterocycles. The van der Waals surface area contributed by atoms with Crippen LogP contribution in [0.15, 0.2) is 0 Å². The van der Waals surface area contributed by atoms with E-state index in [2.05, 4.69) is 13.1 Å². The van der Waals surface area contributed by atoms with Crippen molar-refractivity contribution in [1.82, 2.24) is 0 Å². The fourth-order valence-corrected chi connectivity index (χ4v) is 1.80. The first kappa shape index (κ1) is 12.2. The summed E-state index contributed by atoms with van der Waals surface area (Å²) in [6.07, 6.45) is -5.25. The molecule has 0 aromatic rings. The maximum absolute atomic E-state index is 12.4. The Bertz CT molecular complexity index is 373. The number of ether oxygens (including phenoxy) is 1. The standard InChI is InChI=1S/C5H5F3O6S/c1-12-3(9)4(5(6,7)8)2-13-15(10,11)14-4/h2H2,1H3/t4-/m0/s1. The van der Waals surface area contributed by atoms with E-state index >= 15 is 0 Å². The minimum atomic E-state index is -5.25. The van der Waals surface area contributed by atoms with Gasteiger partial charge in [-0.25, -0.2) is 13.2 Å². The fourth-order valence-electron chi connectivity index (χ4n) is 0.880. The molecular formula is C5H5F3O6S. The summed E-state index contributed by atoms with van der Waals surface area (Å²) in [5.41, 5.74) is -3.60. The molecule has 88 valence electrons. The van der Waals surface area contributed by atoms with E-state index < -0.39 is 34.8 Å². The van der Waals surface area contributed by atoms with Crippen molar-refractivity contribution >= 4 is 16.4 Å². The number of halogens is 3. The second kappa shape index (κ2) is 3.32. The molecule has 0 radical (unpaired) electrons. The van der Waals surface area contributed by atoms with Gasteiger partial charge >= 0.3 is 28.1 Å². The second-order valence-electron chi connectivity index (χ2n) is 2.57. The molecule has 0 aliphatic carbocycles. The van der Waals surface area contributed by atoms with Gasteiger partial charge in [-0.2, -0.15) is 21.6 Å². The molecule has 1 saturated heterocycles. The average molecular weight is 250 g/mol. The lowest BCUT2D eigenvalue weighted by molar-refractivity contribution is -0.247. The normalized spacial score (nSPS) is 30.1. The second-order valence-corrected chi connectivity index (χ2v) is 3.79. The van der Waals surface area contributed by atoms with Gasteiger partial charge in [0.25, 0.3) is 0 Å². The van der Waals surface area contributed by atoms with E-state index in [1.54, 1.807) is 0 Å². The van der Waals surface area contributed by atoms with E-state index in [1.807, 2.05) is 0 Å². The Hall–Kier alpha value is -0.870. The van der Waals surface area contributed by atoms with Crippen LogP contribution in [0.1, 0.15) is 0 Å². The summed E-state index contributed by atoms with van der Waals surface area (Å²) in [5, 5.41) is 0. The molecule has 1 aliphatic rings. The summed E-state index contributed by atoms with van der Waals surface area (Å²) in [7, 11) is -4.14. The first-order chi connectivity index (χ1) is 6.65. The zero-order chi connectivity index (χ0) is 11.9. The minimum absolute atomic E-state index is 0.671. The fraction of sp³-hybridized carbons (Fsp3) is 0.800. The van der Waals surface area contributed by atoms with Crippen LogP contribution in [0.4, 0.5) is 13.2 Å². The van der Waals surface area contributed by atoms with Crippen LogP contribution in [0.5, 0.6) is 0 Å². The van der Waals surface area contributed by atoms with E-state index in [-0.39, 0.29) is 0 Å². The zero-order valence-corrected chi connectivity index (χ0v) is 8.02. The number of methoxy groups -OCH3 is 1. The lowest BCUT2D eigenvalue weighted by atomic mass is 10.1. The molecule has 1 aliphatic heterocycles. The first-order valence-electron chi connectivity index (χ1n) is 3.40. The van der Waals surface area contributed by atoms with E-state index in [0.717, 1.165) is 0 Å². The summed E-state index contributed by atoms with van der Waals surface area (Å²) in [6, 6.07) is 0. The Morgan fingerprint density at radius 2 is 2.00 bits per heavy atom. The first-order valence-corrected chi connectivity index (χ1v) is 4.73. The van der Waals surface area contributed by atoms with Gasteiger partial charge in [0, 0.05) is 0 Å². The topological polar surface area (TPSA) is 78.9 Å². The SMILES string of the molecule is COC(=O)[C@]1(C(F)(F)F)COS(=O)(=O)O1. The molecule has 0 amide bonds. The van der Waals surface area contributed by atoms with E-state index in [9.17, 15) is 26.4 Å². The lowest BCUT2D eigenvalue weighted by Crippen LogP contribution is -2.54. The number of carbonyl (C=O) groups is 1. The number of rotatable bonds is 1. The molecule has 0 saturated carbocycles. The number of hydrogen-bond donors (Lipinski definition) is 0. The molecule has 0 bridgehead atoms. The maximum Gasteiger partial charge on any atom is 0.432 e. The van der Waals surface area contributed by atoms with Crippen molar-refractivity contribution in [2.75, 3.05) is 13.7 Å². The van der Waals surface area contributed by atoms with Gasteiger partial charge in [-0.3, -0.25) is 0 Å². The number of esters is 1. The van der Waals surface area contributed by atoms with Gasteiger partial charge < -0.3 is 4.74 Å². The Balaban J connectivity index is 3.18. The molecule has 15 heavy (non-hydrogen) atoms. The van der Waals surface area contributed by atoms with E-state index in [0.29, 0.717) is 7.11 Å². The summed E-state index contributed by atoms with van der Waals surface area (Å²) in [4.78, 5) is 10.9. The molecular weight excluding hydrogens is 245 g/mol. The van der Waals surface area contributed by atoms with Crippen molar-refractivity contribution in [3.63, 3.8) is 0 Å². The van der Waals surface area contributed by atoms with E-state index in [1.165, 1.54) is 0 Å². The molecule has 10 heteroatoms. The van der Waals surface area contributed by atoms with Crippen LogP contribution < -0.4 is 0 Å². The number of hydrogen-bond acceptors (Lipinski definition) is 6. The van der Waals surface area contributed by atoms with Crippen LogP contribution in [-0.2, 0) is 28.3 Å². The highest BCUT2D eigenvalue weighted by Crippen LogP contribution is 2.40. The Morgan fingerprint density at radius 3 is 2.27 bits per heavy atom. The van der Waals surface area contributed by atoms with Gasteiger partial charge in [-0.15, -0.1) is 0 Å². The van der Waals surface area contributed by atoms with Gasteiger partial charge in [-0.05, 0) is 0 Å².